The first kappa shape index (κ1) is 20.6. The normalized spacial score (nSPS) is 24.9. The highest BCUT2D eigenvalue weighted by molar-refractivity contribution is 8.15. The summed E-state index contributed by atoms with van der Waals surface area (Å²) in [4.78, 5) is 15.3. The van der Waals surface area contributed by atoms with Crippen LogP contribution in [-0.4, -0.2) is 37.2 Å². The van der Waals surface area contributed by atoms with Crippen LogP contribution in [0.25, 0.3) is 10.9 Å². The summed E-state index contributed by atoms with van der Waals surface area (Å²) in [6.45, 7) is 2.80. The minimum atomic E-state index is -3.81. The number of anilines is 1. The van der Waals surface area contributed by atoms with Gasteiger partial charge in [0, 0.05) is 29.7 Å². The maximum atomic E-state index is 13.8. The summed E-state index contributed by atoms with van der Waals surface area (Å²) < 4.78 is 34.5. The average molecular weight is 493 g/mol. The molecule has 34 heavy (non-hydrogen) atoms. The summed E-state index contributed by atoms with van der Waals surface area (Å²) in [5, 5.41) is 1.08. The van der Waals surface area contributed by atoms with E-state index in [2.05, 4.69) is 4.90 Å². The number of thioether (sulfide) groups is 1. The van der Waals surface area contributed by atoms with Gasteiger partial charge in [-0.25, -0.2) is 12.4 Å². The first-order valence-corrected chi connectivity index (χ1v) is 13.9. The molecule has 174 valence electrons. The molecule has 2 bridgehead atoms. The minimum Gasteiger partial charge on any atom is -0.494 e. The van der Waals surface area contributed by atoms with Crippen LogP contribution in [0, 0.1) is 6.92 Å². The van der Waals surface area contributed by atoms with Crippen molar-refractivity contribution in [3.63, 3.8) is 0 Å². The van der Waals surface area contributed by atoms with Crippen molar-refractivity contribution in [3.8, 4) is 5.75 Å². The molecule has 0 saturated heterocycles. The Morgan fingerprint density at radius 3 is 2.74 bits per heavy atom. The van der Waals surface area contributed by atoms with Crippen molar-refractivity contribution in [3.05, 3.63) is 64.9 Å². The van der Waals surface area contributed by atoms with E-state index in [-0.39, 0.29) is 14.8 Å². The Labute approximate surface area is 202 Å². The van der Waals surface area contributed by atoms with Crippen LogP contribution >= 0.6 is 11.8 Å². The number of aryl methyl sites for hydroxylation is 1. The first-order chi connectivity index (χ1) is 16.3. The van der Waals surface area contributed by atoms with Crippen molar-refractivity contribution < 1.29 is 17.9 Å². The smallest absolute Gasteiger partial charge is 0.268 e. The summed E-state index contributed by atoms with van der Waals surface area (Å²) in [6.07, 6.45) is 7.25. The highest BCUT2D eigenvalue weighted by Crippen LogP contribution is 2.64. The van der Waals surface area contributed by atoms with Crippen molar-refractivity contribution >= 4 is 43.5 Å². The van der Waals surface area contributed by atoms with Gasteiger partial charge >= 0.3 is 0 Å². The zero-order chi connectivity index (χ0) is 23.4. The summed E-state index contributed by atoms with van der Waals surface area (Å²) in [7, 11) is -2.22. The molecule has 0 radical (unpaired) electrons. The summed E-state index contributed by atoms with van der Waals surface area (Å²) in [5.41, 5.74) is 6.02. The molecule has 1 saturated carbocycles. The Kier molecular flexibility index (Phi) is 4.07. The van der Waals surface area contributed by atoms with Gasteiger partial charge < -0.3 is 9.64 Å². The Morgan fingerprint density at radius 2 is 1.97 bits per heavy atom. The van der Waals surface area contributed by atoms with E-state index in [0.29, 0.717) is 17.3 Å². The van der Waals surface area contributed by atoms with Crippen molar-refractivity contribution in [2.75, 3.05) is 18.6 Å². The molecule has 7 rings (SSSR count). The van der Waals surface area contributed by atoms with Crippen LogP contribution in [0.15, 0.2) is 53.1 Å². The number of hydrogen-bond donors (Lipinski definition) is 0. The molecular weight excluding hydrogens is 468 g/mol. The van der Waals surface area contributed by atoms with E-state index in [0.717, 1.165) is 60.0 Å². The Balaban J connectivity index is 1.55. The van der Waals surface area contributed by atoms with Crippen LogP contribution in [0.1, 0.15) is 36.0 Å². The number of nitrogens with zero attached hydrogens (tertiary/aromatic N) is 2. The molecule has 3 aliphatic heterocycles. The molecule has 0 unspecified atom stereocenters. The summed E-state index contributed by atoms with van der Waals surface area (Å²) in [6, 6.07) is 9.32. The molecule has 3 aromatic rings. The van der Waals surface area contributed by atoms with Gasteiger partial charge in [0.1, 0.15) is 11.3 Å². The Morgan fingerprint density at radius 1 is 1.18 bits per heavy atom. The van der Waals surface area contributed by atoms with Crippen LogP contribution in [-0.2, 0) is 26.0 Å². The standard InChI is InChI=1S/C26H24N2O4S2/c1-15-3-7-19(8-4-15)34(30,31)28-14-16-9-10-27-18-6-5-17-11-22(29)33-26(17,13-18)20-12-21(32-2)25(28)23(16)24(20)27/h3-4,7-8,11-12,14,18H,5-6,9-10,13H2,1-2H3/t18-,26+/m0/s1. The number of fused-ring (bicyclic) bond motifs is 2. The van der Waals surface area contributed by atoms with Crippen LogP contribution in [0.5, 0.6) is 5.75 Å². The fourth-order valence-corrected chi connectivity index (χ4v) is 9.22. The van der Waals surface area contributed by atoms with Gasteiger partial charge in [-0.2, -0.15) is 0 Å². The van der Waals surface area contributed by atoms with E-state index in [1.54, 1.807) is 25.4 Å². The number of aromatic nitrogens is 1. The van der Waals surface area contributed by atoms with Crippen LogP contribution < -0.4 is 9.64 Å². The second-order valence-electron chi connectivity index (χ2n) is 9.72. The molecule has 6 nitrogen and oxygen atoms in total. The molecule has 1 spiro atoms. The number of rotatable bonds is 3. The summed E-state index contributed by atoms with van der Waals surface area (Å²) >= 11 is 1.43. The number of carbonyl (C=O) groups excluding carboxylic acids is 1. The number of benzene rings is 2. The lowest BCUT2D eigenvalue weighted by Crippen LogP contribution is -2.50. The second kappa shape index (κ2) is 6.70. The molecule has 0 amide bonds. The lowest BCUT2D eigenvalue weighted by molar-refractivity contribution is -0.106. The number of ether oxygens (including phenoxy) is 1. The van der Waals surface area contributed by atoms with Crippen LogP contribution in [0.2, 0.25) is 0 Å². The van der Waals surface area contributed by atoms with E-state index in [1.807, 2.05) is 31.2 Å². The fourth-order valence-electron chi connectivity index (χ4n) is 6.45. The van der Waals surface area contributed by atoms with Gasteiger partial charge in [0.2, 0.25) is 5.12 Å². The number of methoxy groups -OCH3 is 1. The van der Waals surface area contributed by atoms with Gasteiger partial charge in [0.15, 0.2) is 0 Å². The Hall–Kier alpha value is -2.71. The molecule has 1 aliphatic carbocycles. The maximum absolute atomic E-state index is 13.8. The maximum Gasteiger partial charge on any atom is 0.268 e. The molecule has 0 N–H and O–H groups in total. The topological polar surface area (TPSA) is 68.6 Å². The fraction of sp³-hybridized carbons (Fsp3) is 0.346. The predicted octanol–water partition coefficient (Wildman–Crippen LogP) is 4.52. The summed E-state index contributed by atoms with van der Waals surface area (Å²) in [5.74, 6) is 0.537. The van der Waals surface area contributed by atoms with Gasteiger partial charge in [-0.05, 0) is 68.0 Å². The van der Waals surface area contributed by atoms with Gasteiger partial charge in [-0.3, -0.25) is 4.79 Å². The molecule has 8 heteroatoms. The van der Waals surface area contributed by atoms with Crippen molar-refractivity contribution in [2.24, 2.45) is 0 Å². The number of carbonyl (C=O) groups is 1. The SMILES string of the molecule is COc1cc2c3c4c(cn(S(=O)(=O)c5ccc(C)cc5)c14)CCN3[C@H]1CCC3=CC(=O)S[C@]32C1. The number of hydrogen-bond acceptors (Lipinski definition) is 6. The molecule has 2 atom stereocenters. The van der Waals surface area contributed by atoms with E-state index in [9.17, 15) is 13.2 Å². The molecule has 4 aliphatic rings. The quantitative estimate of drug-likeness (QED) is 0.536. The molecule has 1 aromatic heterocycles. The van der Waals surface area contributed by atoms with Gasteiger partial charge in [0.05, 0.1) is 22.4 Å². The third-order valence-electron chi connectivity index (χ3n) is 7.99. The molecule has 2 aromatic carbocycles. The third-order valence-corrected chi connectivity index (χ3v) is 11.0. The van der Waals surface area contributed by atoms with Crippen molar-refractivity contribution in [1.82, 2.24) is 3.97 Å². The van der Waals surface area contributed by atoms with E-state index in [4.69, 9.17) is 4.74 Å². The van der Waals surface area contributed by atoms with Crippen molar-refractivity contribution in [2.45, 2.75) is 48.3 Å². The second-order valence-corrected chi connectivity index (χ2v) is 12.8. The highest BCUT2D eigenvalue weighted by atomic mass is 32.2. The minimum absolute atomic E-state index is 0.117. The van der Waals surface area contributed by atoms with Gasteiger partial charge in [-0.1, -0.05) is 29.5 Å². The lowest BCUT2D eigenvalue weighted by Gasteiger charge is -2.52. The Bertz CT molecular complexity index is 1550. The van der Waals surface area contributed by atoms with Gasteiger partial charge in [0.25, 0.3) is 10.0 Å². The van der Waals surface area contributed by atoms with Crippen LogP contribution in [0.3, 0.4) is 0 Å². The predicted molar refractivity (Wildman–Crippen MR) is 133 cm³/mol. The van der Waals surface area contributed by atoms with Crippen LogP contribution in [0.4, 0.5) is 5.69 Å². The third kappa shape index (κ3) is 2.48. The molecule has 4 heterocycles. The monoisotopic (exact) mass is 492 g/mol. The zero-order valence-corrected chi connectivity index (χ0v) is 20.6. The average Bonchev–Trinajstić information content (AvgIpc) is 3.38. The first-order valence-electron chi connectivity index (χ1n) is 11.6. The van der Waals surface area contributed by atoms with E-state index < -0.39 is 10.0 Å². The van der Waals surface area contributed by atoms with E-state index in [1.165, 1.54) is 21.3 Å². The largest absolute Gasteiger partial charge is 0.494 e. The van der Waals surface area contributed by atoms with Crippen molar-refractivity contribution in [1.29, 1.82) is 0 Å². The zero-order valence-electron chi connectivity index (χ0n) is 19.0. The molecule has 1 fully saturated rings. The lowest BCUT2D eigenvalue weighted by atomic mass is 9.71. The highest BCUT2D eigenvalue weighted by Gasteiger charge is 2.54. The van der Waals surface area contributed by atoms with Gasteiger partial charge in [-0.15, -0.1) is 0 Å². The molecular formula is C26H24N2O4S2. The van der Waals surface area contributed by atoms with E-state index >= 15 is 0 Å².